The van der Waals surface area contributed by atoms with E-state index in [1.54, 1.807) is 7.11 Å². The molecule has 0 saturated carbocycles. The van der Waals surface area contributed by atoms with Crippen molar-refractivity contribution >= 4 is 17.4 Å². The van der Waals surface area contributed by atoms with Gasteiger partial charge in [0.05, 0.1) is 18.4 Å². The van der Waals surface area contributed by atoms with Gasteiger partial charge in [0, 0.05) is 18.5 Å². The van der Waals surface area contributed by atoms with E-state index in [9.17, 15) is 14.0 Å². The van der Waals surface area contributed by atoms with E-state index in [0.717, 1.165) is 11.3 Å². The molecule has 0 spiro atoms. The van der Waals surface area contributed by atoms with Crippen LogP contribution in [-0.2, 0) is 0 Å². The number of anilines is 1. The Morgan fingerprint density at radius 1 is 1.17 bits per heavy atom. The lowest BCUT2D eigenvalue weighted by Gasteiger charge is -2.42. The fourth-order valence-corrected chi connectivity index (χ4v) is 3.35. The van der Waals surface area contributed by atoms with Gasteiger partial charge in [-0.05, 0) is 29.8 Å². The van der Waals surface area contributed by atoms with E-state index < -0.39 is 12.0 Å². The van der Waals surface area contributed by atoms with Crippen molar-refractivity contribution < 1.29 is 18.7 Å². The minimum atomic E-state index is -0.572. The fraction of sp³-hybridized carbons (Fsp3) is 0.222. The van der Waals surface area contributed by atoms with E-state index in [1.165, 1.54) is 12.1 Å². The highest BCUT2D eigenvalue weighted by atomic mass is 19.1. The molecule has 2 heterocycles. The van der Waals surface area contributed by atoms with Crippen molar-refractivity contribution in [3.63, 3.8) is 0 Å². The molecular weight excluding hydrogens is 311 g/mol. The first-order valence-corrected chi connectivity index (χ1v) is 7.66. The molecular formula is C18H15FN2O3. The highest BCUT2D eigenvalue weighted by molar-refractivity contribution is 6.11. The summed E-state index contributed by atoms with van der Waals surface area (Å²) in [7, 11) is 1.59. The van der Waals surface area contributed by atoms with E-state index in [4.69, 9.17) is 4.74 Å². The Balaban J connectivity index is 1.84. The summed E-state index contributed by atoms with van der Waals surface area (Å²) in [5.41, 5.74) is 1.89. The normalized spacial score (nSPS) is 18.9. The van der Waals surface area contributed by atoms with E-state index in [1.807, 2.05) is 29.2 Å². The zero-order valence-corrected chi connectivity index (χ0v) is 13.0. The van der Waals surface area contributed by atoms with Crippen molar-refractivity contribution in [1.82, 2.24) is 5.32 Å². The summed E-state index contributed by atoms with van der Waals surface area (Å²) in [4.78, 5) is 26.6. The van der Waals surface area contributed by atoms with Crippen LogP contribution in [0.4, 0.5) is 10.1 Å². The van der Waals surface area contributed by atoms with E-state index in [0.29, 0.717) is 18.7 Å². The van der Waals surface area contributed by atoms with E-state index in [2.05, 4.69) is 5.32 Å². The molecule has 2 aliphatic heterocycles. The van der Waals surface area contributed by atoms with Crippen LogP contribution < -0.4 is 15.0 Å². The Hall–Kier alpha value is -2.89. The topological polar surface area (TPSA) is 58.6 Å². The molecule has 0 saturated heterocycles. The molecule has 122 valence electrons. The molecule has 4 rings (SSSR count). The molecule has 1 N–H and O–H groups in total. The highest BCUT2D eigenvalue weighted by Crippen LogP contribution is 2.39. The molecule has 0 bridgehead atoms. The molecule has 24 heavy (non-hydrogen) atoms. The number of rotatable bonds is 2. The second kappa shape index (κ2) is 5.33. The molecule has 5 nitrogen and oxygen atoms in total. The SMILES string of the molecule is COc1ccc(C2NC(=O)c3cc(F)cc4c3N2CCC4=O)cc1. The smallest absolute Gasteiger partial charge is 0.255 e. The van der Waals surface area contributed by atoms with Crippen LogP contribution in [0.1, 0.15) is 38.9 Å². The number of hydrogen-bond donors (Lipinski definition) is 1. The third kappa shape index (κ3) is 2.14. The first-order valence-electron chi connectivity index (χ1n) is 7.66. The van der Waals surface area contributed by atoms with Crippen LogP contribution in [0.25, 0.3) is 0 Å². The number of methoxy groups -OCH3 is 1. The van der Waals surface area contributed by atoms with Gasteiger partial charge in [0.1, 0.15) is 17.7 Å². The maximum Gasteiger partial charge on any atom is 0.255 e. The molecule has 0 aromatic heterocycles. The van der Waals surface area contributed by atoms with Gasteiger partial charge in [-0.1, -0.05) is 12.1 Å². The first kappa shape index (κ1) is 14.7. The number of carbonyl (C=O) groups excluding carboxylic acids is 2. The Morgan fingerprint density at radius 3 is 2.58 bits per heavy atom. The standard InChI is InChI=1S/C18H15FN2O3/c1-24-12-4-2-10(3-5-12)17-20-18(23)14-9-11(19)8-13-15(22)6-7-21(17)16(13)14/h2-5,8-9,17H,6-7H2,1H3,(H,20,23). The number of hydrogen-bond acceptors (Lipinski definition) is 4. The number of amides is 1. The fourth-order valence-electron chi connectivity index (χ4n) is 3.35. The predicted octanol–water partition coefficient (Wildman–Crippen LogP) is 2.67. The van der Waals surface area contributed by atoms with Crippen LogP contribution in [-0.4, -0.2) is 25.3 Å². The van der Waals surface area contributed by atoms with Crippen LogP contribution in [0.3, 0.4) is 0 Å². The zero-order chi connectivity index (χ0) is 16.8. The van der Waals surface area contributed by atoms with Gasteiger partial charge in [-0.3, -0.25) is 9.59 Å². The summed E-state index contributed by atoms with van der Waals surface area (Å²) < 4.78 is 18.9. The Bertz CT molecular complexity index is 831. The van der Waals surface area contributed by atoms with E-state index in [-0.39, 0.29) is 22.8 Å². The van der Waals surface area contributed by atoms with Gasteiger partial charge in [-0.2, -0.15) is 0 Å². The highest BCUT2D eigenvalue weighted by Gasteiger charge is 2.38. The van der Waals surface area contributed by atoms with Crippen molar-refractivity contribution in [1.29, 1.82) is 0 Å². The molecule has 1 amide bonds. The number of halogens is 1. The minimum Gasteiger partial charge on any atom is -0.497 e. The van der Waals surface area contributed by atoms with Gasteiger partial charge < -0.3 is 15.0 Å². The molecule has 6 heteroatoms. The molecule has 1 unspecified atom stereocenters. The second-order valence-electron chi connectivity index (χ2n) is 5.87. The van der Waals surface area contributed by atoms with Crippen LogP contribution >= 0.6 is 0 Å². The number of Topliss-reactive ketones (excluding diaryl/α,β-unsaturated/α-hetero) is 1. The van der Waals surface area contributed by atoms with Gasteiger partial charge in [0.15, 0.2) is 5.78 Å². The van der Waals surface area contributed by atoms with Crippen molar-refractivity contribution in [2.45, 2.75) is 12.6 Å². The number of nitrogens with one attached hydrogen (secondary N) is 1. The number of ether oxygens (including phenoxy) is 1. The Kier molecular flexibility index (Phi) is 3.26. The summed E-state index contributed by atoms with van der Waals surface area (Å²) in [5.74, 6) is -0.363. The van der Waals surface area contributed by atoms with E-state index >= 15 is 0 Å². The van der Waals surface area contributed by atoms with Crippen molar-refractivity contribution in [3.05, 3.63) is 58.9 Å². The summed E-state index contributed by atoms with van der Waals surface area (Å²) in [5, 5.41) is 2.90. The second-order valence-corrected chi connectivity index (χ2v) is 5.87. The Morgan fingerprint density at radius 2 is 1.88 bits per heavy atom. The molecule has 2 aromatic carbocycles. The molecule has 0 aliphatic carbocycles. The molecule has 0 fully saturated rings. The number of carbonyl (C=O) groups is 2. The lowest BCUT2D eigenvalue weighted by molar-refractivity contribution is 0.0920. The Labute approximate surface area is 138 Å². The molecule has 2 aromatic rings. The summed E-state index contributed by atoms with van der Waals surface area (Å²) in [6.07, 6.45) is -0.105. The average Bonchev–Trinajstić information content (AvgIpc) is 2.60. The number of benzene rings is 2. The summed E-state index contributed by atoms with van der Waals surface area (Å²) in [6, 6.07) is 9.78. The largest absolute Gasteiger partial charge is 0.497 e. The van der Waals surface area contributed by atoms with Crippen LogP contribution in [0.2, 0.25) is 0 Å². The molecule has 1 atom stereocenters. The van der Waals surface area contributed by atoms with Gasteiger partial charge in [0.2, 0.25) is 0 Å². The van der Waals surface area contributed by atoms with Crippen LogP contribution in [0.15, 0.2) is 36.4 Å². The predicted molar refractivity (Wildman–Crippen MR) is 85.9 cm³/mol. The zero-order valence-electron chi connectivity index (χ0n) is 13.0. The summed E-state index contributed by atoms with van der Waals surface area (Å²) in [6.45, 7) is 0.474. The maximum absolute atomic E-state index is 13.8. The van der Waals surface area contributed by atoms with Gasteiger partial charge in [-0.25, -0.2) is 4.39 Å². The third-order valence-electron chi connectivity index (χ3n) is 4.50. The molecule has 0 radical (unpaired) electrons. The van der Waals surface area contributed by atoms with Crippen molar-refractivity contribution in [3.8, 4) is 5.75 Å². The van der Waals surface area contributed by atoms with Crippen LogP contribution in [0, 0.1) is 5.82 Å². The minimum absolute atomic E-state index is 0.134. The number of ketones is 1. The summed E-state index contributed by atoms with van der Waals surface area (Å²) >= 11 is 0. The monoisotopic (exact) mass is 326 g/mol. The lowest BCUT2D eigenvalue weighted by Crippen LogP contribution is -2.49. The quantitative estimate of drug-likeness (QED) is 0.922. The maximum atomic E-state index is 13.8. The van der Waals surface area contributed by atoms with Crippen molar-refractivity contribution in [2.75, 3.05) is 18.6 Å². The first-order chi connectivity index (χ1) is 11.6. The van der Waals surface area contributed by atoms with Gasteiger partial charge >= 0.3 is 0 Å². The van der Waals surface area contributed by atoms with Crippen molar-refractivity contribution in [2.24, 2.45) is 0 Å². The third-order valence-corrected chi connectivity index (χ3v) is 4.50. The lowest BCUT2D eigenvalue weighted by atomic mass is 9.92. The van der Waals surface area contributed by atoms with Crippen LogP contribution in [0.5, 0.6) is 5.75 Å². The van der Waals surface area contributed by atoms with Gasteiger partial charge in [-0.15, -0.1) is 0 Å². The average molecular weight is 326 g/mol. The van der Waals surface area contributed by atoms with Gasteiger partial charge in [0.25, 0.3) is 5.91 Å². The number of nitrogens with zero attached hydrogens (tertiary/aromatic N) is 1. The molecule has 2 aliphatic rings.